The van der Waals surface area contributed by atoms with Crippen LogP contribution in [0, 0.1) is 17.8 Å². The Labute approximate surface area is 359 Å². The molecule has 1 saturated heterocycles. The van der Waals surface area contributed by atoms with Crippen molar-refractivity contribution in [2.75, 3.05) is 18.1 Å². The van der Waals surface area contributed by atoms with E-state index in [0.717, 1.165) is 50.0 Å². The molecule has 7 rings (SSSR count). The fraction of sp³-hybridized carbons (Fsp3) is 0.320. The van der Waals surface area contributed by atoms with Gasteiger partial charge in [0, 0.05) is 11.3 Å². The third-order valence-electron chi connectivity index (χ3n) is 12.7. The number of phenolic OH excluding ortho intramolecular Hbond substituents is 1. The highest BCUT2D eigenvalue weighted by Gasteiger charge is 2.56. The number of aliphatic hydroxyl groups excluding tert-OH is 2. The zero-order valence-electron chi connectivity index (χ0n) is 35.4. The molecule has 1 aliphatic heterocycles. The lowest BCUT2D eigenvalue weighted by Gasteiger charge is -2.44. The van der Waals surface area contributed by atoms with E-state index >= 15 is 0 Å². The molecule has 2 aliphatic rings. The minimum atomic E-state index is -3.11. The second-order valence-corrected chi connectivity index (χ2v) is 21.7. The number of fused-ring (bicyclic) bond motifs is 2. The van der Waals surface area contributed by atoms with Crippen molar-refractivity contribution in [3.05, 3.63) is 144 Å². The third kappa shape index (κ3) is 8.56. The predicted octanol–water partition coefficient (Wildman–Crippen LogP) is 6.24. The van der Waals surface area contributed by atoms with Crippen molar-refractivity contribution in [3.8, 4) is 5.75 Å². The molecule has 0 radical (unpaired) electrons. The van der Waals surface area contributed by atoms with Gasteiger partial charge < -0.3 is 29.8 Å². The molecule has 0 spiro atoms. The highest BCUT2D eigenvalue weighted by molar-refractivity contribution is 6.99. The summed E-state index contributed by atoms with van der Waals surface area (Å²) in [5, 5.41) is 57.6. The Morgan fingerprint density at radius 1 is 0.852 bits per heavy atom. The number of hydrogen-bond acceptors (Lipinski definition) is 8. The number of carbonyl (C=O) groups is 2. The number of aromatic hydroxyl groups is 1. The van der Waals surface area contributed by atoms with Crippen LogP contribution >= 0.6 is 0 Å². The Morgan fingerprint density at radius 2 is 1.49 bits per heavy atom. The Morgan fingerprint density at radius 3 is 2.10 bits per heavy atom. The van der Waals surface area contributed by atoms with Gasteiger partial charge in [-0.1, -0.05) is 149 Å². The summed E-state index contributed by atoms with van der Waals surface area (Å²) in [6.07, 6.45) is 3.69. The molecule has 5 aromatic rings. The van der Waals surface area contributed by atoms with Crippen LogP contribution in [0.1, 0.15) is 65.4 Å². The minimum absolute atomic E-state index is 0.0736. The lowest BCUT2D eigenvalue weighted by atomic mass is 9.68. The minimum Gasteiger partial charge on any atom is -0.507 e. The predicted molar refractivity (Wildman–Crippen MR) is 245 cm³/mol. The van der Waals surface area contributed by atoms with E-state index in [1.807, 2.05) is 66.7 Å². The molecule has 9 nitrogen and oxygen atoms in total. The number of phenols is 1. The van der Waals surface area contributed by atoms with Gasteiger partial charge >= 0.3 is 7.12 Å². The molecule has 11 heteroatoms. The topological polar surface area (TPSA) is 148 Å². The van der Waals surface area contributed by atoms with E-state index in [4.69, 9.17) is 4.43 Å². The largest absolute Gasteiger partial charge is 0.507 e. The standard InChI is InChI=1S/C50H56BNO8Si/c1-5-15-33(28-34-25-27-44(54)41-23-13-12-22-40(34)41)24-26-45(55)46-35(32-60-61(50(2,3)4,38-18-8-6-9-19-38)39-20-10-7-11-21-39)29-42-47(43(46)31-53)49(57)52(48(42)56)37-17-14-16-36(30-37)51(58)59/h6-14,16-23,25,27-28,30,42-43,45,47,53-55,58-59H,5,15,24,26,29,31-32H2,1-4H3/b33-28+/t42-,43+,45-,47-/m1/s1. The van der Waals surface area contributed by atoms with Crippen LogP contribution in [0.4, 0.5) is 5.69 Å². The van der Waals surface area contributed by atoms with Crippen LogP contribution in [0.15, 0.2) is 138 Å². The van der Waals surface area contributed by atoms with Crippen molar-refractivity contribution in [1.29, 1.82) is 0 Å². The number of benzene rings is 5. The quantitative estimate of drug-likeness (QED) is 0.0474. The number of anilines is 1. The molecule has 5 N–H and O–H groups in total. The van der Waals surface area contributed by atoms with Crippen LogP contribution in [-0.2, 0) is 14.0 Å². The molecule has 0 bridgehead atoms. The van der Waals surface area contributed by atoms with Crippen molar-refractivity contribution in [1.82, 2.24) is 0 Å². The Balaban J connectivity index is 1.30. The van der Waals surface area contributed by atoms with Gasteiger partial charge in [0.15, 0.2) is 0 Å². The van der Waals surface area contributed by atoms with Crippen molar-refractivity contribution in [2.24, 2.45) is 17.8 Å². The lowest BCUT2D eigenvalue weighted by Crippen LogP contribution is -2.66. The lowest BCUT2D eigenvalue weighted by molar-refractivity contribution is -0.123. The molecular weight excluding hydrogens is 781 g/mol. The molecule has 1 aliphatic carbocycles. The number of allylic oxidation sites excluding steroid dienone is 1. The van der Waals surface area contributed by atoms with Gasteiger partial charge in [-0.25, -0.2) is 0 Å². The summed E-state index contributed by atoms with van der Waals surface area (Å²) in [5.41, 5.74) is 3.67. The number of imide groups is 1. The van der Waals surface area contributed by atoms with Crippen LogP contribution in [0.2, 0.25) is 5.04 Å². The second kappa shape index (κ2) is 18.5. The molecule has 4 atom stereocenters. The Bertz CT molecular complexity index is 2390. The van der Waals surface area contributed by atoms with E-state index in [1.54, 1.807) is 18.2 Å². The van der Waals surface area contributed by atoms with Crippen LogP contribution < -0.4 is 20.7 Å². The summed E-state index contributed by atoms with van der Waals surface area (Å²) in [6.45, 7) is 8.26. The van der Waals surface area contributed by atoms with Crippen molar-refractivity contribution < 1.29 is 39.4 Å². The highest BCUT2D eigenvalue weighted by Crippen LogP contribution is 2.48. The van der Waals surface area contributed by atoms with Gasteiger partial charge in [0.1, 0.15) is 5.75 Å². The molecule has 0 unspecified atom stereocenters. The zero-order valence-corrected chi connectivity index (χ0v) is 36.4. The van der Waals surface area contributed by atoms with Gasteiger partial charge in [-0.3, -0.25) is 14.5 Å². The van der Waals surface area contributed by atoms with Crippen LogP contribution in [0.5, 0.6) is 5.75 Å². The molecule has 1 heterocycles. The van der Waals surface area contributed by atoms with Gasteiger partial charge in [0.05, 0.1) is 36.8 Å². The molecule has 5 aromatic carbocycles. The first kappa shape index (κ1) is 43.9. The first-order valence-electron chi connectivity index (χ1n) is 21.3. The number of hydrogen-bond donors (Lipinski definition) is 5. The van der Waals surface area contributed by atoms with Crippen molar-refractivity contribution in [3.63, 3.8) is 0 Å². The van der Waals surface area contributed by atoms with Gasteiger partial charge in [0.25, 0.3) is 8.32 Å². The maximum atomic E-state index is 14.5. The Kier molecular flexibility index (Phi) is 13.3. The fourth-order valence-electron chi connectivity index (χ4n) is 9.85. The van der Waals surface area contributed by atoms with E-state index in [9.17, 15) is 35.0 Å². The summed E-state index contributed by atoms with van der Waals surface area (Å²) in [7, 11) is -4.91. The van der Waals surface area contributed by atoms with E-state index in [0.29, 0.717) is 24.0 Å². The maximum Gasteiger partial charge on any atom is 0.488 e. The summed E-state index contributed by atoms with van der Waals surface area (Å²) in [6, 6.07) is 37.8. The monoisotopic (exact) mass is 837 g/mol. The summed E-state index contributed by atoms with van der Waals surface area (Å²) < 4.78 is 7.43. The maximum absolute atomic E-state index is 14.5. The zero-order chi connectivity index (χ0) is 43.5. The van der Waals surface area contributed by atoms with E-state index in [2.05, 4.69) is 58.0 Å². The summed E-state index contributed by atoms with van der Waals surface area (Å²) in [5.74, 6) is -3.39. The second-order valence-electron chi connectivity index (χ2n) is 17.4. The van der Waals surface area contributed by atoms with E-state index in [-0.39, 0.29) is 35.0 Å². The van der Waals surface area contributed by atoms with Gasteiger partial charge in [-0.2, -0.15) is 0 Å². The van der Waals surface area contributed by atoms with Gasteiger partial charge in [-0.15, -0.1) is 0 Å². The smallest absolute Gasteiger partial charge is 0.488 e. The SMILES string of the molecule is CCC/C(=C\c1ccc(O)c2ccccc12)CC[C@@H](O)C1=C(CO[Si](c2ccccc2)(c2ccccc2)C(C)(C)C)C[C@H]2C(=O)N(c3cccc(B(O)O)c3)C(=O)[C@H]2[C@H]1CO. The summed E-state index contributed by atoms with van der Waals surface area (Å²) >= 11 is 0. The number of amides is 2. The molecule has 61 heavy (non-hydrogen) atoms. The third-order valence-corrected chi connectivity index (χ3v) is 17.6. The normalized spacial score (nSPS) is 19.1. The molecular formula is C50H56BNO8Si. The highest BCUT2D eigenvalue weighted by atomic mass is 28.4. The van der Waals surface area contributed by atoms with Gasteiger partial charge in [-0.05, 0) is 86.9 Å². The van der Waals surface area contributed by atoms with E-state index < -0.39 is 57.7 Å². The van der Waals surface area contributed by atoms with Gasteiger partial charge in [0.2, 0.25) is 11.8 Å². The molecule has 1 fully saturated rings. The first-order chi connectivity index (χ1) is 29.3. The van der Waals surface area contributed by atoms with Crippen LogP contribution in [0.3, 0.4) is 0 Å². The molecule has 2 amide bonds. The van der Waals surface area contributed by atoms with Crippen molar-refractivity contribution in [2.45, 2.75) is 70.9 Å². The number of carbonyl (C=O) groups excluding carboxylic acids is 2. The van der Waals surface area contributed by atoms with Crippen molar-refractivity contribution >= 4 is 65.6 Å². The average molecular weight is 838 g/mol. The fourth-order valence-corrected chi connectivity index (χ4v) is 14.4. The molecule has 0 saturated carbocycles. The number of aliphatic hydroxyl groups is 2. The molecule has 0 aromatic heterocycles. The van der Waals surface area contributed by atoms with Crippen LogP contribution in [-0.4, -0.2) is 71.9 Å². The van der Waals surface area contributed by atoms with Crippen LogP contribution in [0.25, 0.3) is 16.8 Å². The number of nitrogens with zero attached hydrogens (tertiary/aromatic N) is 1. The molecule has 316 valence electrons. The van der Waals surface area contributed by atoms with E-state index in [1.165, 1.54) is 12.1 Å². The average Bonchev–Trinajstić information content (AvgIpc) is 3.51. The Hall–Kier alpha value is -5.14. The summed E-state index contributed by atoms with van der Waals surface area (Å²) in [4.78, 5) is 30.0. The first-order valence-corrected chi connectivity index (χ1v) is 23.2. The number of rotatable bonds is 15.